The molecule has 0 spiro atoms. The number of nitrogens with one attached hydrogen (secondary N) is 1. The fourth-order valence-electron chi connectivity index (χ4n) is 4.08. The molecule has 2 atom stereocenters. The Kier molecular flexibility index (Phi) is 5.97. The molecule has 1 heterocycles. The summed E-state index contributed by atoms with van der Waals surface area (Å²) in [4.78, 5) is 26.1. The van der Waals surface area contributed by atoms with E-state index in [1.165, 1.54) is 6.07 Å². The van der Waals surface area contributed by atoms with E-state index in [9.17, 15) is 14.9 Å². The molecule has 1 aliphatic heterocycles. The van der Waals surface area contributed by atoms with Crippen LogP contribution in [-0.2, 0) is 6.42 Å². The summed E-state index contributed by atoms with van der Waals surface area (Å²) in [5.74, 6) is 0.629. The molecule has 1 saturated heterocycles. The Morgan fingerprint density at radius 2 is 1.86 bits per heavy atom. The number of hydrogen-bond acceptors (Lipinski definition) is 4. The van der Waals surface area contributed by atoms with E-state index in [-0.39, 0.29) is 11.6 Å². The van der Waals surface area contributed by atoms with E-state index in [0.29, 0.717) is 23.1 Å². The number of carbonyl (C=O) groups excluding carboxylic acids is 1. The van der Waals surface area contributed by atoms with Crippen LogP contribution in [-0.4, -0.2) is 23.9 Å². The van der Waals surface area contributed by atoms with Crippen LogP contribution in [0.1, 0.15) is 43.1 Å². The number of benzene rings is 2. The second kappa shape index (κ2) is 8.42. The van der Waals surface area contributed by atoms with Crippen LogP contribution in [0, 0.1) is 22.0 Å². The van der Waals surface area contributed by atoms with E-state index < -0.39 is 4.92 Å². The third-order valence-electron chi connectivity index (χ3n) is 5.29. The van der Waals surface area contributed by atoms with Crippen LogP contribution in [0.15, 0.2) is 42.5 Å². The summed E-state index contributed by atoms with van der Waals surface area (Å²) in [7, 11) is 0. The number of nitro groups is 1. The number of nitro benzene ring substituents is 1. The molecule has 1 aliphatic rings. The quantitative estimate of drug-likeness (QED) is 0.591. The Hall–Kier alpha value is -2.89. The maximum atomic E-state index is 12.7. The molecule has 1 fully saturated rings. The summed E-state index contributed by atoms with van der Waals surface area (Å²) in [5, 5.41) is 14.6. The van der Waals surface area contributed by atoms with Gasteiger partial charge in [0.15, 0.2) is 0 Å². The first kappa shape index (κ1) is 19.9. The fourth-order valence-corrected chi connectivity index (χ4v) is 4.08. The molecule has 2 aromatic rings. The highest BCUT2D eigenvalue weighted by molar-refractivity contribution is 6.05. The van der Waals surface area contributed by atoms with Crippen molar-refractivity contribution in [1.82, 2.24) is 0 Å². The van der Waals surface area contributed by atoms with Crippen molar-refractivity contribution < 1.29 is 9.72 Å². The van der Waals surface area contributed by atoms with E-state index in [1.807, 2.05) is 31.2 Å². The van der Waals surface area contributed by atoms with Gasteiger partial charge in [0, 0.05) is 30.4 Å². The van der Waals surface area contributed by atoms with Crippen LogP contribution in [0.2, 0.25) is 0 Å². The second-order valence-corrected chi connectivity index (χ2v) is 7.78. The minimum atomic E-state index is -0.393. The van der Waals surface area contributed by atoms with Crippen molar-refractivity contribution in [3.63, 3.8) is 0 Å². The van der Waals surface area contributed by atoms with E-state index in [2.05, 4.69) is 24.1 Å². The zero-order valence-electron chi connectivity index (χ0n) is 16.6. The maximum absolute atomic E-state index is 12.7. The van der Waals surface area contributed by atoms with Gasteiger partial charge in [-0.1, -0.05) is 39.0 Å². The van der Waals surface area contributed by atoms with Crippen LogP contribution in [0.4, 0.5) is 17.1 Å². The van der Waals surface area contributed by atoms with Crippen molar-refractivity contribution in [3.8, 4) is 0 Å². The first-order chi connectivity index (χ1) is 13.4. The maximum Gasteiger partial charge on any atom is 0.293 e. The first-order valence-electron chi connectivity index (χ1n) is 9.81. The monoisotopic (exact) mass is 381 g/mol. The van der Waals surface area contributed by atoms with E-state index in [1.54, 1.807) is 12.1 Å². The Morgan fingerprint density at radius 1 is 1.18 bits per heavy atom. The number of carbonyl (C=O) groups is 1. The van der Waals surface area contributed by atoms with Crippen molar-refractivity contribution in [3.05, 3.63) is 63.7 Å². The number of para-hydroxylation sites is 1. The summed E-state index contributed by atoms with van der Waals surface area (Å²) in [6.45, 7) is 7.94. The molecule has 6 heteroatoms. The van der Waals surface area contributed by atoms with Crippen molar-refractivity contribution >= 4 is 23.0 Å². The lowest BCUT2D eigenvalue weighted by atomic mass is 9.91. The zero-order valence-corrected chi connectivity index (χ0v) is 16.6. The summed E-state index contributed by atoms with van der Waals surface area (Å²) in [5.41, 5.74) is 2.63. The highest BCUT2D eigenvalue weighted by Crippen LogP contribution is 2.34. The smallest absolute Gasteiger partial charge is 0.293 e. The van der Waals surface area contributed by atoms with Crippen molar-refractivity contribution in [2.45, 2.75) is 33.6 Å². The van der Waals surface area contributed by atoms with E-state index in [0.717, 1.165) is 37.2 Å². The van der Waals surface area contributed by atoms with E-state index >= 15 is 0 Å². The normalized spacial score (nSPS) is 19.3. The van der Waals surface area contributed by atoms with Crippen LogP contribution in [0.25, 0.3) is 0 Å². The van der Waals surface area contributed by atoms with Crippen molar-refractivity contribution in [1.29, 1.82) is 0 Å². The van der Waals surface area contributed by atoms with Gasteiger partial charge in [0.1, 0.15) is 5.69 Å². The third kappa shape index (κ3) is 4.32. The number of nitrogens with zero attached hydrogens (tertiary/aromatic N) is 2. The highest BCUT2D eigenvalue weighted by Gasteiger charge is 2.28. The highest BCUT2D eigenvalue weighted by atomic mass is 16.6. The molecule has 1 N–H and O–H groups in total. The van der Waals surface area contributed by atoms with Gasteiger partial charge in [-0.05, 0) is 48.4 Å². The topological polar surface area (TPSA) is 75.5 Å². The number of rotatable bonds is 5. The lowest BCUT2D eigenvalue weighted by molar-refractivity contribution is -0.384. The average molecular weight is 381 g/mol. The van der Waals surface area contributed by atoms with Crippen LogP contribution < -0.4 is 10.2 Å². The van der Waals surface area contributed by atoms with Gasteiger partial charge in [0.05, 0.1) is 4.92 Å². The molecule has 0 radical (unpaired) electrons. The molecule has 1 amide bonds. The minimum Gasteiger partial charge on any atom is -0.365 e. The molecule has 0 aliphatic carbocycles. The minimum absolute atomic E-state index is 0.0160. The number of aryl methyl sites for hydroxylation is 1. The van der Waals surface area contributed by atoms with Crippen LogP contribution >= 0.6 is 0 Å². The Bertz CT molecular complexity index is 871. The molecule has 0 aromatic heterocycles. The summed E-state index contributed by atoms with van der Waals surface area (Å²) in [6, 6.07) is 12.4. The first-order valence-corrected chi connectivity index (χ1v) is 9.81. The zero-order chi connectivity index (χ0) is 20.3. The molecular formula is C22H27N3O3. The van der Waals surface area contributed by atoms with Gasteiger partial charge in [-0.2, -0.15) is 0 Å². The number of hydrogen-bond donors (Lipinski definition) is 1. The van der Waals surface area contributed by atoms with Gasteiger partial charge in [0.25, 0.3) is 11.6 Å². The Morgan fingerprint density at radius 3 is 2.50 bits per heavy atom. The molecule has 0 saturated carbocycles. The molecule has 28 heavy (non-hydrogen) atoms. The number of anilines is 2. The Balaban J connectivity index is 1.88. The molecule has 0 unspecified atom stereocenters. The molecule has 3 rings (SSSR count). The fraction of sp³-hybridized carbons (Fsp3) is 0.409. The number of piperidine rings is 1. The summed E-state index contributed by atoms with van der Waals surface area (Å²) < 4.78 is 0. The lowest BCUT2D eigenvalue weighted by Crippen LogP contribution is -2.39. The second-order valence-electron chi connectivity index (χ2n) is 7.78. The van der Waals surface area contributed by atoms with Gasteiger partial charge in [0.2, 0.25) is 0 Å². The predicted octanol–water partition coefficient (Wildman–Crippen LogP) is 4.89. The third-order valence-corrected chi connectivity index (χ3v) is 5.29. The van der Waals surface area contributed by atoms with Gasteiger partial charge < -0.3 is 10.2 Å². The molecule has 6 nitrogen and oxygen atoms in total. The largest absolute Gasteiger partial charge is 0.365 e. The molecule has 2 aromatic carbocycles. The molecular weight excluding hydrogens is 354 g/mol. The predicted molar refractivity (Wildman–Crippen MR) is 112 cm³/mol. The summed E-state index contributed by atoms with van der Waals surface area (Å²) in [6.07, 6.45) is 1.92. The SMILES string of the molecule is CCc1ccccc1NC(=O)c1ccc(N2C[C@H](C)C[C@H](C)C2)c([N+](=O)[O-])c1. The van der Waals surface area contributed by atoms with Crippen LogP contribution in [0.5, 0.6) is 0 Å². The average Bonchev–Trinajstić information content (AvgIpc) is 2.67. The van der Waals surface area contributed by atoms with Crippen molar-refractivity contribution in [2.24, 2.45) is 11.8 Å². The Labute approximate surface area is 165 Å². The van der Waals surface area contributed by atoms with Crippen molar-refractivity contribution in [2.75, 3.05) is 23.3 Å². The van der Waals surface area contributed by atoms with E-state index in [4.69, 9.17) is 0 Å². The standard InChI is InChI=1S/C22H27N3O3/c1-4-17-7-5-6-8-19(17)23-22(26)18-9-10-20(21(12-18)25(27)28)24-13-15(2)11-16(3)14-24/h5-10,12,15-16H,4,11,13-14H2,1-3H3,(H,23,26)/t15-,16+. The summed E-state index contributed by atoms with van der Waals surface area (Å²) >= 11 is 0. The van der Waals surface area contributed by atoms with Gasteiger partial charge in [-0.3, -0.25) is 14.9 Å². The van der Waals surface area contributed by atoms with Gasteiger partial charge in [-0.25, -0.2) is 0 Å². The van der Waals surface area contributed by atoms with Gasteiger partial charge in [-0.15, -0.1) is 0 Å². The van der Waals surface area contributed by atoms with Crippen LogP contribution in [0.3, 0.4) is 0 Å². The number of amides is 1. The molecule has 0 bridgehead atoms. The molecule has 148 valence electrons. The van der Waals surface area contributed by atoms with Gasteiger partial charge >= 0.3 is 0 Å². The lowest BCUT2D eigenvalue weighted by Gasteiger charge is -2.36.